The van der Waals surface area contributed by atoms with Crippen LogP contribution in [-0.2, 0) is 12.8 Å². The maximum Gasteiger partial charge on any atom is 0.134 e. The number of benzene rings is 1. The zero-order valence-corrected chi connectivity index (χ0v) is 10.8. The molecule has 0 radical (unpaired) electrons. The van der Waals surface area contributed by atoms with Gasteiger partial charge in [-0.3, -0.25) is 0 Å². The van der Waals surface area contributed by atoms with E-state index in [2.05, 4.69) is 25.1 Å². The van der Waals surface area contributed by atoms with Gasteiger partial charge >= 0.3 is 0 Å². The fourth-order valence-corrected chi connectivity index (χ4v) is 2.63. The van der Waals surface area contributed by atoms with Crippen molar-refractivity contribution in [2.45, 2.75) is 38.6 Å². The number of hydrogen-bond donors (Lipinski definition) is 1. The van der Waals surface area contributed by atoms with Gasteiger partial charge in [0.15, 0.2) is 0 Å². The third-order valence-corrected chi connectivity index (χ3v) is 3.82. The molecule has 0 saturated carbocycles. The van der Waals surface area contributed by atoms with Gasteiger partial charge in [0, 0.05) is 5.56 Å². The number of nitrogens with two attached hydrogens (primary N) is 1. The van der Waals surface area contributed by atoms with Crippen LogP contribution in [0.3, 0.4) is 0 Å². The summed E-state index contributed by atoms with van der Waals surface area (Å²) < 4.78 is 5.86. The molecule has 1 aliphatic carbocycles. The summed E-state index contributed by atoms with van der Waals surface area (Å²) in [7, 11) is 0. The van der Waals surface area contributed by atoms with Gasteiger partial charge in [0.1, 0.15) is 11.5 Å². The van der Waals surface area contributed by atoms with Gasteiger partial charge in [-0.2, -0.15) is 0 Å². The lowest BCUT2D eigenvalue weighted by Gasteiger charge is -2.05. The molecule has 1 atom stereocenters. The van der Waals surface area contributed by atoms with E-state index in [0.717, 1.165) is 17.9 Å². The summed E-state index contributed by atoms with van der Waals surface area (Å²) in [4.78, 5) is 0. The van der Waals surface area contributed by atoms with Crippen molar-refractivity contribution in [3.05, 3.63) is 47.2 Å². The van der Waals surface area contributed by atoms with Gasteiger partial charge in [-0.05, 0) is 55.0 Å². The van der Waals surface area contributed by atoms with Gasteiger partial charge in [-0.1, -0.05) is 19.1 Å². The second kappa shape index (κ2) is 4.62. The lowest BCUT2D eigenvalue weighted by Crippen LogP contribution is -2.06. The molecular weight excluding hydrogens is 222 g/mol. The Labute approximate surface area is 108 Å². The molecule has 1 heterocycles. The molecule has 2 nitrogen and oxygen atoms in total. The molecule has 0 saturated heterocycles. The molecule has 1 aromatic heterocycles. The van der Waals surface area contributed by atoms with Crippen molar-refractivity contribution in [1.82, 2.24) is 0 Å². The smallest absolute Gasteiger partial charge is 0.134 e. The molecule has 0 amide bonds. The Morgan fingerprint density at radius 2 is 2.00 bits per heavy atom. The molecule has 1 unspecified atom stereocenters. The van der Waals surface area contributed by atoms with Gasteiger partial charge < -0.3 is 10.2 Å². The lowest BCUT2D eigenvalue weighted by molar-refractivity contribution is 0.470. The Kier molecular flexibility index (Phi) is 2.96. The van der Waals surface area contributed by atoms with E-state index in [9.17, 15) is 0 Å². The maximum atomic E-state index is 5.98. The van der Waals surface area contributed by atoms with Crippen LogP contribution in [0, 0.1) is 0 Å². The Morgan fingerprint density at radius 3 is 2.83 bits per heavy atom. The van der Waals surface area contributed by atoms with Crippen LogP contribution in [0.5, 0.6) is 0 Å². The van der Waals surface area contributed by atoms with Crippen molar-refractivity contribution < 1.29 is 4.42 Å². The van der Waals surface area contributed by atoms with E-state index in [-0.39, 0.29) is 6.04 Å². The van der Waals surface area contributed by atoms with E-state index in [1.165, 1.54) is 36.0 Å². The highest BCUT2D eigenvalue weighted by Crippen LogP contribution is 2.30. The highest BCUT2D eigenvalue weighted by atomic mass is 16.3. The summed E-state index contributed by atoms with van der Waals surface area (Å²) in [5.74, 6) is 1.82. The summed E-state index contributed by atoms with van der Waals surface area (Å²) in [5, 5.41) is 0. The number of furan rings is 1. The topological polar surface area (TPSA) is 39.2 Å². The Balaban J connectivity index is 1.92. The van der Waals surface area contributed by atoms with E-state index >= 15 is 0 Å². The third-order valence-electron chi connectivity index (χ3n) is 3.82. The molecule has 0 bridgehead atoms. The second-order valence-electron chi connectivity index (χ2n) is 5.05. The molecule has 3 rings (SSSR count). The summed E-state index contributed by atoms with van der Waals surface area (Å²) >= 11 is 0. The summed E-state index contributed by atoms with van der Waals surface area (Å²) in [6, 6.07) is 10.7. The molecule has 0 spiro atoms. The third kappa shape index (κ3) is 1.97. The average Bonchev–Trinajstić information content (AvgIpc) is 3.05. The van der Waals surface area contributed by atoms with Crippen LogP contribution in [0.2, 0.25) is 0 Å². The van der Waals surface area contributed by atoms with Crippen LogP contribution >= 0.6 is 0 Å². The Bertz CT molecular complexity index is 556. The van der Waals surface area contributed by atoms with Crippen LogP contribution in [0.1, 0.15) is 42.7 Å². The van der Waals surface area contributed by atoms with Crippen LogP contribution in [-0.4, -0.2) is 0 Å². The molecule has 0 aliphatic heterocycles. The minimum absolute atomic E-state index is 0.00757. The predicted molar refractivity (Wildman–Crippen MR) is 73.4 cm³/mol. The number of hydrogen-bond acceptors (Lipinski definition) is 2. The normalized spacial score (nSPS) is 15.7. The fourth-order valence-electron chi connectivity index (χ4n) is 2.63. The van der Waals surface area contributed by atoms with Crippen LogP contribution in [0.15, 0.2) is 34.7 Å². The van der Waals surface area contributed by atoms with Crippen LogP contribution in [0.4, 0.5) is 0 Å². The number of fused-ring (bicyclic) bond motifs is 1. The minimum atomic E-state index is 0.00757. The second-order valence-corrected chi connectivity index (χ2v) is 5.05. The standard InChI is InChI=1S/C16H19NO/c1-2-14(17)16-9-8-15(18-16)13-7-6-11-4-3-5-12(11)10-13/h6-10,14H,2-5,17H2,1H3. The van der Waals surface area contributed by atoms with Gasteiger partial charge in [0.25, 0.3) is 0 Å². The zero-order chi connectivity index (χ0) is 12.5. The van der Waals surface area contributed by atoms with E-state index in [0.29, 0.717) is 0 Å². The summed E-state index contributed by atoms with van der Waals surface area (Å²) in [5.41, 5.74) is 10.1. The van der Waals surface area contributed by atoms with Crippen molar-refractivity contribution in [2.24, 2.45) is 5.73 Å². The van der Waals surface area contributed by atoms with Crippen LogP contribution < -0.4 is 5.73 Å². The Morgan fingerprint density at radius 1 is 1.17 bits per heavy atom. The minimum Gasteiger partial charge on any atom is -0.459 e. The molecule has 2 aromatic rings. The highest BCUT2D eigenvalue weighted by molar-refractivity contribution is 5.60. The number of rotatable bonds is 3. The number of aryl methyl sites for hydroxylation is 2. The first-order valence-electron chi connectivity index (χ1n) is 6.75. The first-order valence-corrected chi connectivity index (χ1v) is 6.75. The van der Waals surface area contributed by atoms with Gasteiger partial charge in [-0.15, -0.1) is 0 Å². The maximum absolute atomic E-state index is 5.98. The van der Waals surface area contributed by atoms with Gasteiger partial charge in [-0.25, -0.2) is 0 Å². The SMILES string of the molecule is CCC(N)c1ccc(-c2ccc3c(c2)CCC3)o1. The van der Waals surface area contributed by atoms with Crippen molar-refractivity contribution in [3.8, 4) is 11.3 Å². The molecule has 0 fully saturated rings. The van der Waals surface area contributed by atoms with Crippen molar-refractivity contribution in [1.29, 1.82) is 0 Å². The largest absolute Gasteiger partial charge is 0.459 e. The Hall–Kier alpha value is -1.54. The predicted octanol–water partition coefficient (Wildman–Crippen LogP) is 3.85. The lowest BCUT2D eigenvalue weighted by atomic mass is 10.1. The molecule has 1 aromatic carbocycles. The molecule has 2 heteroatoms. The van der Waals surface area contributed by atoms with Gasteiger partial charge in [0.2, 0.25) is 0 Å². The molecule has 18 heavy (non-hydrogen) atoms. The van der Waals surface area contributed by atoms with Crippen molar-refractivity contribution in [3.63, 3.8) is 0 Å². The molecule has 2 N–H and O–H groups in total. The monoisotopic (exact) mass is 241 g/mol. The average molecular weight is 241 g/mol. The van der Waals surface area contributed by atoms with Crippen LogP contribution in [0.25, 0.3) is 11.3 Å². The van der Waals surface area contributed by atoms with Crippen molar-refractivity contribution in [2.75, 3.05) is 0 Å². The molecular formula is C16H19NO. The summed E-state index contributed by atoms with van der Waals surface area (Å²) in [6.45, 7) is 2.07. The fraction of sp³-hybridized carbons (Fsp3) is 0.375. The quantitative estimate of drug-likeness (QED) is 0.886. The van der Waals surface area contributed by atoms with E-state index < -0.39 is 0 Å². The van der Waals surface area contributed by atoms with E-state index in [4.69, 9.17) is 10.2 Å². The van der Waals surface area contributed by atoms with E-state index in [1.54, 1.807) is 0 Å². The van der Waals surface area contributed by atoms with E-state index in [1.807, 2.05) is 12.1 Å². The first kappa shape index (κ1) is 11.5. The summed E-state index contributed by atoms with van der Waals surface area (Å²) in [6.07, 6.45) is 4.60. The molecule has 1 aliphatic rings. The zero-order valence-electron chi connectivity index (χ0n) is 10.8. The van der Waals surface area contributed by atoms with Crippen molar-refractivity contribution >= 4 is 0 Å². The molecule has 94 valence electrons. The first-order chi connectivity index (χ1) is 8.78. The van der Waals surface area contributed by atoms with Gasteiger partial charge in [0.05, 0.1) is 6.04 Å². The highest BCUT2D eigenvalue weighted by Gasteiger charge is 2.14.